The summed E-state index contributed by atoms with van der Waals surface area (Å²) in [6.07, 6.45) is 0. The zero-order valence-corrected chi connectivity index (χ0v) is 14.5. The van der Waals surface area contributed by atoms with E-state index >= 15 is 0 Å². The van der Waals surface area contributed by atoms with E-state index in [4.69, 9.17) is 11.6 Å². The zero-order chi connectivity index (χ0) is 16.3. The lowest BCUT2D eigenvalue weighted by Crippen LogP contribution is -2.23. The van der Waals surface area contributed by atoms with Crippen LogP contribution < -0.4 is 4.72 Å². The third kappa shape index (κ3) is 3.82. The van der Waals surface area contributed by atoms with Gasteiger partial charge in [-0.1, -0.05) is 41.9 Å². The second-order valence-corrected chi connectivity index (χ2v) is 7.93. The van der Waals surface area contributed by atoms with Crippen molar-refractivity contribution in [2.45, 2.75) is 11.4 Å². The van der Waals surface area contributed by atoms with Crippen LogP contribution in [0.4, 0.5) is 0 Å². The van der Waals surface area contributed by atoms with Crippen molar-refractivity contribution in [1.82, 2.24) is 4.72 Å². The van der Waals surface area contributed by atoms with Gasteiger partial charge in [0.25, 0.3) is 0 Å². The molecular weight excluding hydrogens is 350 g/mol. The van der Waals surface area contributed by atoms with E-state index in [2.05, 4.69) is 4.72 Å². The minimum Gasteiger partial charge on any atom is -0.207 e. The SMILES string of the molecule is O=S(=O)(NCc1ccccc1-c1ccsc1)c1cccc(Cl)c1. The largest absolute Gasteiger partial charge is 0.240 e. The van der Waals surface area contributed by atoms with Gasteiger partial charge in [-0.25, -0.2) is 13.1 Å². The van der Waals surface area contributed by atoms with Gasteiger partial charge in [-0.3, -0.25) is 0 Å². The van der Waals surface area contributed by atoms with Crippen LogP contribution in [0.3, 0.4) is 0 Å². The summed E-state index contributed by atoms with van der Waals surface area (Å²) in [7, 11) is -3.60. The average molecular weight is 364 g/mol. The first-order valence-electron chi connectivity index (χ1n) is 6.92. The van der Waals surface area contributed by atoms with Gasteiger partial charge in [0.2, 0.25) is 10.0 Å². The Labute approximate surface area is 144 Å². The van der Waals surface area contributed by atoms with Crippen LogP contribution in [0.1, 0.15) is 5.56 Å². The molecule has 1 N–H and O–H groups in total. The summed E-state index contributed by atoms with van der Waals surface area (Å²) in [4.78, 5) is 0.165. The van der Waals surface area contributed by atoms with Crippen LogP contribution in [0.25, 0.3) is 11.1 Å². The number of hydrogen-bond donors (Lipinski definition) is 1. The monoisotopic (exact) mass is 363 g/mol. The van der Waals surface area contributed by atoms with Crippen LogP contribution in [0.5, 0.6) is 0 Å². The number of thiophene rings is 1. The Morgan fingerprint density at radius 2 is 1.87 bits per heavy atom. The molecular formula is C17H14ClNO2S2. The molecule has 0 aliphatic heterocycles. The fraction of sp³-hybridized carbons (Fsp3) is 0.0588. The normalized spacial score (nSPS) is 11.5. The fourth-order valence-corrected chi connectivity index (χ4v) is 4.23. The Bertz CT molecular complexity index is 906. The van der Waals surface area contributed by atoms with Gasteiger partial charge < -0.3 is 0 Å². The van der Waals surface area contributed by atoms with Crippen molar-refractivity contribution >= 4 is 33.0 Å². The molecule has 0 saturated heterocycles. The van der Waals surface area contributed by atoms with Crippen LogP contribution >= 0.6 is 22.9 Å². The summed E-state index contributed by atoms with van der Waals surface area (Å²) in [6, 6.07) is 16.0. The van der Waals surface area contributed by atoms with E-state index in [1.807, 2.05) is 41.1 Å². The first kappa shape index (κ1) is 16.2. The molecule has 2 aromatic carbocycles. The summed E-state index contributed by atoms with van der Waals surface area (Å²) < 4.78 is 27.4. The van der Waals surface area contributed by atoms with Crippen molar-refractivity contribution in [1.29, 1.82) is 0 Å². The molecule has 0 radical (unpaired) electrons. The second-order valence-electron chi connectivity index (χ2n) is 4.95. The van der Waals surface area contributed by atoms with Gasteiger partial charge in [-0.15, -0.1) is 0 Å². The lowest BCUT2D eigenvalue weighted by Gasteiger charge is -2.10. The number of nitrogens with one attached hydrogen (secondary N) is 1. The molecule has 1 heterocycles. The van der Waals surface area contributed by atoms with Crippen LogP contribution in [0.15, 0.2) is 70.3 Å². The quantitative estimate of drug-likeness (QED) is 0.723. The van der Waals surface area contributed by atoms with Crippen molar-refractivity contribution in [2.24, 2.45) is 0 Å². The van der Waals surface area contributed by atoms with E-state index in [9.17, 15) is 8.42 Å². The zero-order valence-electron chi connectivity index (χ0n) is 12.1. The number of hydrogen-bond acceptors (Lipinski definition) is 3. The predicted molar refractivity (Wildman–Crippen MR) is 95.2 cm³/mol. The van der Waals surface area contributed by atoms with Gasteiger partial charge in [0.1, 0.15) is 0 Å². The van der Waals surface area contributed by atoms with Gasteiger partial charge >= 0.3 is 0 Å². The highest BCUT2D eigenvalue weighted by molar-refractivity contribution is 7.89. The highest BCUT2D eigenvalue weighted by atomic mass is 35.5. The maximum atomic E-state index is 12.4. The van der Waals surface area contributed by atoms with Gasteiger partial charge in [-0.05, 0) is 51.7 Å². The van der Waals surface area contributed by atoms with E-state index in [0.717, 1.165) is 16.7 Å². The molecule has 3 nitrogen and oxygen atoms in total. The first-order chi connectivity index (χ1) is 11.1. The maximum Gasteiger partial charge on any atom is 0.240 e. The molecule has 0 aliphatic rings. The molecule has 0 fully saturated rings. The van der Waals surface area contributed by atoms with Crippen molar-refractivity contribution in [3.05, 3.63) is 75.9 Å². The van der Waals surface area contributed by atoms with E-state index in [-0.39, 0.29) is 11.4 Å². The molecule has 0 atom stereocenters. The molecule has 118 valence electrons. The summed E-state index contributed by atoms with van der Waals surface area (Å²) >= 11 is 7.48. The Morgan fingerprint density at radius 3 is 2.61 bits per heavy atom. The van der Waals surface area contributed by atoms with Crippen LogP contribution in [0.2, 0.25) is 5.02 Å². The first-order valence-corrected chi connectivity index (χ1v) is 9.72. The van der Waals surface area contributed by atoms with Crippen molar-refractivity contribution < 1.29 is 8.42 Å². The molecule has 6 heteroatoms. The molecule has 3 rings (SSSR count). The molecule has 0 saturated carbocycles. The number of benzene rings is 2. The summed E-state index contributed by atoms with van der Waals surface area (Å²) in [5.74, 6) is 0. The maximum absolute atomic E-state index is 12.4. The predicted octanol–water partition coefficient (Wildman–Crippen LogP) is 4.55. The van der Waals surface area contributed by atoms with E-state index in [1.54, 1.807) is 23.5 Å². The third-order valence-corrected chi connectivity index (χ3v) is 5.73. The van der Waals surface area contributed by atoms with Crippen molar-refractivity contribution in [2.75, 3.05) is 0 Å². The summed E-state index contributed by atoms with van der Waals surface area (Å²) in [5.41, 5.74) is 3.05. The van der Waals surface area contributed by atoms with E-state index in [1.165, 1.54) is 12.1 Å². The Morgan fingerprint density at radius 1 is 1.04 bits per heavy atom. The van der Waals surface area contributed by atoms with Gasteiger partial charge in [0, 0.05) is 11.6 Å². The molecule has 23 heavy (non-hydrogen) atoms. The van der Waals surface area contributed by atoms with Gasteiger partial charge in [0.15, 0.2) is 0 Å². The Balaban J connectivity index is 1.84. The lowest BCUT2D eigenvalue weighted by atomic mass is 10.0. The molecule has 0 amide bonds. The van der Waals surface area contributed by atoms with E-state index in [0.29, 0.717) is 5.02 Å². The van der Waals surface area contributed by atoms with Gasteiger partial charge in [0.05, 0.1) is 4.90 Å². The van der Waals surface area contributed by atoms with Crippen LogP contribution in [0, 0.1) is 0 Å². The van der Waals surface area contributed by atoms with Crippen LogP contribution in [-0.2, 0) is 16.6 Å². The minimum atomic E-state index is -3.60. The average Bonchev–Trinajstić information content (AvgIpc) is 3.08. The molecule has 0 bridgehead atoms. The van der Waals surface area contributed by atoms with Crippen LogP contribution in [-0.4, -0.2) is 8.42 Å². The lowest BCUT2D eigenvalue weighted by molar-refractivity contribution is 0.581. The molecule has 1 aromatic heterocycles. The number of rotatable bonds is 5. The van der Waals surface area contributed by atoms with E-state index < -0.39 is 10.0 Å². The van der Waals surface area contributed by atoms with Crippen molar-refractivity contribution in [3.8, 4) is 11.1 Å². The van der Waals surface area contributed by atoms with Crippen molar-refractivity contribution in [3.63, 3.8) is 0 Å². The number of sulfonamides is 1. The second kappa shape index (κ2) is 6.84. The number of halogens is 1. The smallest absolute Gasteiger partial charge is 0.207 e. The molecule has 0 unspecified atom stereocenters. The summed E-state index contributed by atoms with van der Waals surface area (Å²) in [5, 5.41) is 4.44. The molecule has 0 aliphatic carbocycles. The topological polar surface area (TPSA) is 46.2 Å². The Kier molecular flexibility index (Phi) is 4.82. The minimum absolute atomic E-state index is 0.165. The molecule has 3 aromatic rings. The standard InChI is InChI=1S/C17H14ClNO2S2/c18-15-5-3-6-16(10-15)23(20,21)19-11-13-4-1-2-7-17(13)14-8-9-22-12-14/h1-10,12,19H,11H2. The highest BCUT2D eigenvalue weighted by Crippen LogP contribution is 2.26. The molecule has 0 spiro atoms. The highest BCUT2D eigenvalue weighted by Gasteiger charge is 2.15. The third-order valence-electron chi connectivity index (χ3n) is 3.41. The fourth-order valence-electron chi connectivity index (χ4n) is 2.26. The summed E-state index contributed by atoms with van der Waals surface area (Å²) in [6.45, 7) is 0.223. The van der Waals surface area contributed by atoms with Gasteiger partial charge in [-0.2, -0.15) is 11.3 Å². The Hall–Kier alpha value is -1.66.